The number of thioether (sulfide) groups is 1. The van der Waals surface area contributed by atoms with Crippen LogP contribution in [0.1, 0.15) is 5.56 Å². The van der Waals surface area contributed by atoms with Crippen LogP contribution >= 0.6 is 11.8 Å². The van der Waals surface area contributed by atoms with Crippen LogP contribution < -0.4 is 10.1 Å². The van der Waals surface area contributed by atoms with E-state index in [0.717, 1.165) is 22.9 Å². The zero-order valence-corrected chi connectivity index (χ0v) is 15.9. The molecule has 3 rings (SSSR count). The highest BCUT2D eigenvalue weighted by Crippen LogP contribution is 2.29. The second-order valence-corrected chi connectivity index (χ2v) is 6.75. The molecule has 0 saturated carbocycles. The topological polar surface area (TPSA) is 123 Å². The van der Waals surface area contributed by atoms with Gasteiger partial charge in [-0.1, -0.05) is 41.6 Å². The number of nitrogens with zero attached hydrogens (tertiary/aromatic N) is 3. The molecule has 10 heteroatoms. The lowest BCUT2D eigenvalue weighted by Gasteiger charge is -2.06. The number of carbonyl (C=O) groups excluding carboxylic acids is 1. The zero-order chi connectivity index (χ0) is 20.1. The van der Waals surface area contributed by atoms with Crippen molar-refractivity contribution in [3.8, 4) is 17.1 Å². The SMILES string of the molecule is COc1ccc(NC(=O)CSc2n[nH]c(-c3ccc(C)cc3)n2)c([N+](=O)[O-])c1. The van der Waals surface area contributed by atoms with Gasteiger partial charge < -0.3 is 10.1 Å². The lowest BCUT2D eigenvalue weighted by atomic mass is 10.1. The van der Waals surface area contributed by atoms with E-state index in [-0.39, 0.29) is 17.1 Å². The number of nitro benzene ring substituents is 1. The standard InChI is InChI=1S/C18H17N5O4S/c1-11-3-5-12(6-4-11)17-20-18(22-21-17)28-10-16(24)19-14-8-7-13(27-2)9-15(14)23(25)26/h3-9H,10H2,1-2H3,(H,19,24)(H,20,21,22). The van der Waals surface area contributed by atoms with Crippen molar-refractivity contribution in [2.45, 2.75) is 12.1 Å². The molecule has 3 aromatic rings. The molecule has 28 heavy (non-hydrogen) atoms. The Hall–Kier alpha value is -3.40. The summed E-state index contributed by atoms with van der Waals surface area (Å²) in [7, 11) is 1.41. The average molecular weight is 399 g/mol. The fourth-order valence-electron chi connectivity index (χ4n) is 2.36. The maximum Gasteiger partial charge on any atom is 0.296 e. The maximum absolute atomic E-state index is 12.2. The van der Waals surface area contributed by atoms with Gasteiger partial charge in [0.05, 0.1) is 23.9 Å². The van der Waals surface area contributed by atoms with Crippen LogP contribution in [0.5, 0.6) is 5.75 Å². The highest BCUT2D eigenvalue weighted by molar-refractivity contribution is 7.99. The van der Waals surface area contributed by atoms with Crippen molar-refractivity contribution in [2.75, 3.05) is 18.2 Å². The molecule has 0 aliphatic rings. The number of ether oxygens (including phenoxy) is 1. The van der Waals surface area contributed by atoms with E-state index in [9.17, 15) is 14.9 Å². The van der Waals surface area contributed by atoms with Gasteiger partial charge in [0.2, 0.25) is 11.1 Å². The fraction of sp³-hybridized carbons (Fsp3) is 0.167. The third-order valence-electron chi connectivity index (χ3n) is 3.80. The predicted molar refractivity (Wildman–Crippen MR) is 106 cm³/mol. The molecule has 0 bridgehead atoms. The van der Waals surface area contributed by atoms with Gasteiger partial charge in [0.1, 0.15) is 11.4 Å². The van der Waals surface area contributed by atoms with Crippen LogP contribution in [0.2, 0.25) is 0 Å². The number of aromatic amines is 1. The minimum atomic E-state index is -0.575. The first-order valence-electron chi connectivity index (χ1n) is 8.21. The first-order valence-corrected chi connectivity index (χ1v) is 9.19. The summed E-state index contributed by atoms with van der Waals surface area (Å²) in [6.07, 6.45) is 0. The zero-order valence-electron chi connectivity index (χ0n) is 15.1. The summed E-state index contributed by atoms with van der Waals surface area (Å²) in [6, 6.07) is 12.0. The number of aryl methyl sites for hydroxylation is 1. The highest BCUT2D eigenvalue weighted by Gasteiger charge is 2.18. The molecule has 9 nitrogen and oxygen atoms in total. The monoisotopic (exact) mass is 399 g/mol. The lowest BCUT2D eigenvalue weighted by Crippen LogP contribution is -2.15. The van der Waals surface area contributed by atoms with Gasteiger partial charge in [-0.2, -0.15) is 0 Å². The Morgan fingerprint density at radius 2 is 2.04 bits per heavy atom. The number of benzene rings is 2. The summed E-state index contributed by atoms with van der Waals surface area (Å²) in [4.78, 5) is 27.1. The smallest absolute Gasteiger partial charge is 0.296 e. The third-order valence-corrected chi connectivity index (χ3v) is 4.65. The van der Waals surface area contributed by atoms with Crippen LogP contribution in [0.25, 0.3) is 11.4 Å². The Morgan fingerprint density at radius 1 is 1.29 bits per heavy atom. The first kappa shape index (κ1) is 19.4. The molecule has 0 unspecified atom stereocenters. The molecule has 0 fully saturated rings. The Balaban J connectivity index is 1.62. The van der Waals surface area contributed by atoms with Crippen LogP contribution in [0.4, 0.5) is 11.4 Å². The molecule has 0 aliphatic heterocycles. The first-order chi connectivity index (χ1) is 13.5. The number of amides is 1. The summed E-state index contributed by atoms with van der Waals surface area (Å²) in [5, 5.41) is 21.0. The molecule has 1 amide bonds. The second-order valence-electron chi connectivity index (χ2n) is 5.81. The molecule has 1 heterocycles. The number of anilines is 1. The molecular formula is C18H17N5O4S. The van der Waals surface area contributed by atoms with E-state index in [1.54, 1.807) is 6.07 Å². The minimum absolute atomic E-state index is 0.00831. The van der Waals surface area contributed by atoms with Gasteiger partial charge in [-0.3, -0.25) is 20.0 Å². The van der Waals surface area contributed by atoms with Crippen molar-refractivity contribution < 1.29 is 14.5 Å². The summed E-state index contributed by atoms with van der Waals surface area (Å²) in [5.41, 5.74) is 1.90. The second kappa shape index (κ2) is 8.53. The van der Waals surface area contributed by atoms with Crippen LogP contribution in [-0.4, -0.2) is 38.9 Å². The quantitative estimate of drug-likeness (QED) is 0.354. The molecule has 2 N–H and O–H groups in total. The van der Waals surface area contributed by atoms with Gasteiger partial charge in [0.15, 0.2) is 5.82 Å². The highest BCUT2D eigenvalue weighted by atomic mass is 32.2. The summed E-state index contributed by atoms with van der Waals surface area (Å²) in [5.74, 6) is 0.547. The van der Waals surface area contributed by atoms with E-state index in [2.05, 4.69) is 20.5 Å². The summed E-state index contributed by atoms with van der Waals surface area (Å²) < 4.78 is 4.97. The number of carbonyl (C=O) groups is 1. The minimum Gasteiger partial charge on any atom is -0.496 e. The van der Waals surface area contributed by atoms with Crippen molar-refractivity contribution >= 4 is 29.0 Å². The number of methoxy groups -OCH3 is 1. The van der Waals surface area contributed by atoms with Crippen LogP contribution in [0, 0.1) is 17.0 Å². The molecule has 0 radical (unpaired) electrons. The molecule has 0 saturated heterocycles. The van der Waals surface area contributed by atoms with Gasteiger partial charge >= 0.3 is 0 Å². The van der Waals surface area contributed by atoms with Crippen LogP contribution in [-0.2, 0) is 4.79 Å². The third kappa shape index (κ3) is 4.65. The summed E-state index contributed by atoms with van der Waals surface area (Å²) in [6.45, 7) is 2.00. The van der Waals surface area contributed by atoms with Gasteiger partial charge in [-0.15, -0.1) is 5.10 Å². The fourth-order valence-corrected chi connectivity index (χ4v) is 2.96. The number of hydrogen-bond acceptors (Lipinski definition) is 7. The number of hydrogen-bond donors (Lipinski definition) is 2. The largest absolute Gasteiger partial charge is 0.496 e. The number of aromatic nitrogens is 3. The van der Waals surface area contributed by atoms with E-state index < -0.39 is 10.8 Å². The van der Waals surface area contributed by atoms with E-state index >= 15 is 0 Å². The van der Waals surface area contributed by atoms with E-state index in [4.69, 9.17) is 4.74 Å². The average Bonchev–Trinajstić information content (AvgIpc) is 3.16. The number of H-pyrrole nitrogens is 1. The van der Waals surface area contributed by atoms with Gasteiger partial charge in [-0.25, -0.2) is 4.98 Å². The summed E-state index contributed by atoms with van der Waals surface area (Å²) >= 11 is 1.13. The molecule has 0 atom stereocenters. The van der Waals surface area contributed by atoms with Crippen molar-refractivity contribution in [3.05, 3.63) is 58.1 Å². The van der Waals surface area contributed by atoms with E-state index in [0.29, 0.717) is 16.7 Å². The van der Waals surface area contributed by atoms with Crippen molar-refractivity contribution in [3.63, 3.8) is 0 Å². The van der Waals surface area contributed by atoms with Gasteiger partial charge in [0, 0.05) is 5.56 Å². The number of rotatable bonds is 7. The van der Waals surface area contributed by atoms with Crippen LogP contribution in [0.3, 0.4) is 0 Å². The molecule has 2 aromatic carbocycles. The predicted octanol–water partition coefficient (Wildman–Crippen LogP) is 3.43. The Labute approximate surface area is 164 Å². The van der Waals surface area contributed by atoms with E-state index in [1.165, 1.54) is 19.2 Å². The number of nitro groups is 1. The molecule has 0 aliphatic carbocycles. The van der Waals surface area contributed by atoms with Crippen molar-refractivity contribution in [2.24, 2.45) is 0 Å². The van der Waals surface area contributed by atoms with Crippen molar-refractivity contribution in [1.82, 2.24) is 15.2 Å². The normalized spacial score (nSPS) is 10.5. The Bertz CT molecular complexity index is 1000. The Morgan fingerprint density at radius 3 is 2.71 bits per heavy atom. The molecule has 0 spiro atoms. The Kier molecular flexibility index (Phi) is 5.90. The molecule has 1 aromatic heterocycles. The lowest BCUT2D eigenvalue weighted by molar-refractivity contribution is -0.384. The van der Waals surface area contributed by atoms with Gasteiger partial charge in [0.25, 0.3) is 5.69 Å². The molecular weight excluding hydrogens is 382 g/mol. The molecule has 144 valence electrons. The van der Waals surface area contributed by atoms with Gasteiger partial charge in [-0.05, 0) is 19.1 Å². The number of nitrogens with one attached hydrogen (secondary N) is 2. The van der Waals surface area contributed by atoms with Crippen LogP contribution in [0.15, 0.2) is 47.6 Å². The van der Waals surface area contributed by atoms with E-state index in [1.807, 2.05) is 31.2 Å². The maximum atomic E-state index is 12.2. The van der Waals surface area contributed by atoms with Crippen molar-refractivity contribution in [1.29, 1.82) is 0 Å².